The van der Waals surface area contributed by atoms with Gasteiger partial charge in [0.1, 0.15) is 5.75 Å². The van der Waals surface area contributed by atoms with E-state index in [-0.39, 0.29) is 0 Å². The number of hydrogen-bond acceptors (Lipinski definition) is 5. The van der Waals surface area contributed by atoms with E-state index < -0.39 is 6.10 Å². The molecule has 1 aliphatic heterocycles. The van der Waals surface area contributed by atoms with Crippen molar-refractivity contribution in [3.8, 4) is 5.75 Å². The van der Waals surface area contributed by atoms with Crippen LogP contribution in [0.5, 0.6) is 5.75 Å². The summed E-state index contributed by atoms with van der Waals surface area (Å²) in [4.78, 5) is 2.21. The van der Waals surface area contributed by atoms with Crippen LogP contribution in [0.4, 0.5) is 0 Å². The molecule has 1 N–H and O–H groups in total. The van der Waals surface area contributed by atoms with Gasteiger partial charge in [-0.25, -0.2) is 0 Å². The normalized spacial score (nSPS) is 17.0. The Balaban J connectivity index is 1.33. The maximum absolute atomic E-state index is 10.1. The monoisotopic (exact) mass is 317 g/mol. The van der Waals surface area contributed by atoms with Gasteiger partial charge in [0.2, 0.25) is 0 Å². The van der Waals surface area contributed by atoms with E-state index in [9.17, 15) is 5.11 Å². The molecule has 0 aliphatic carbocycles. The van der Waals surface area contributed by atoms with Crippen LogP contribution in [0.15, 0.2) is 42.7 Å². The van der Waals surface area contributed by atoms with Gasteiger partial charge in [-0.2, -0.15) is 5.10 Å². The van der Waals surface area contributed by atoms with E-state index in [0.29, 0.717) is 25.8 Å². The maximum atomic E-state index is 10.1. The highest BCUT2D eigenvalue weighted by Gasteiger charge is 2.29. The van der Waals surface area contributed by atoms with Gasteiger partial charge < -0.3 is 14.6 Å². The molecule has 0 spiro atoms. The first kappa shape index (κ1) is 16.0. The molecule has 2 heterocycles. The molecule has 6 nitrogen and oxygen atoms in total. The number of methoxy groups -OCH3 is 1. The number of β-amino-alcohol motifs (C(OH)–C–C–N with tert-alkyl or cyclic N) is 1. The van der Waals surface area contributed by atoms with Gasteiger partial charge in [0.05, 0.1) is 32.5 Å². The highest BCUT2D eigenvalue weighted by Crippen LogP contribution is 2.20. The van der Waals surface area contributed by atoms with Crippen molar-refractivity contribution >= 4 is 0 Å². The van der Waals surface area contributed by atoms with Gasteiger partial charge in [0.15, 0.2) is 0 Å². The van der Waals surface area contributed by atoms with Crippen LogP contribution in [-0.4, -0.2) is 59.2 Å². The number of hydrogen-bond donors (Lipinski definition) is 1. The Kier molecular flexibility index (Phi) is 5.27. The van der Waals surface area contributed by atoms with Gasteiger partial charge in [0, 0.05) is 32.0 Å². The minimum atomic E-state index is -0.473. The van der Waals surface area contributed by atoms with Crippen LogP contribution in [0, 0.1) is 0 Å². The molecule has 1 aromatic heterocycles. The number of benzene rings is 1. The van der Waals surface area contributed by atoms with E-state index >= 15 is 0 Å². The Morgan fingerprint density at radius 2 is 2.22 bits per heavy atom. The Morgan fingerprint density at radius 1 is 1.35 bits per heavy atom. The van der Waals surface area contributed by atoms with Crippen LogP contribution in [0.1, 0.15) is 11.6 Å². The summed E-state index contributed by atoms with van der Waals surface area (Å²) in [5, 5.41) is 14.3. The Labute approximate surface area is 136 Å². The van der Waals surface area contributed by atoms with E-state index in [1.54, 1.807) is 13.3 Å². The molecule has 6 heteroatoms. The molecule has 0 amide bonds. The first-order valence-corrected chi connectivity index (χ1v) is 7.85. The highest BCUT2D eigenvalue weighted by molar-refractivity contribution is 5.27. The van der Waals surface area contributed by atoms with Crippen LogP contribution < -0.4 is 4.74 Å². The average Bonchev–Trinajstić information content (AvgIpc) is 3.04. The maximum Gasteiger partial charge on any atom is 0.119 e. The molecule has 0 unspecified atom stereocenters. The van der Waals surface area contributed by atoms with Crippen molar-refractivity contribution in [1.29, 1.82) is 0 Å². The first-order valence-electron chi connectivity index (χ1n) is 7.85. The van der Waals surface area contributed by atoms with Crippen molar-refractivity contribution in [2.45, 2.75) is 18.8 Å². The summed E-state index contributed by atoms with van der Waals surface area (Å²) in [6.45, 7) is 3.30. The van der Waals surface area contributed by atoms with Crippen molar-refractivity contribution in [3.05, 3.63) is 48.3 Å². The molecule has 2 aromatic rings. The zero-order chi connectivity index (χ0) is 16.1. The Hall–Kier alpha value is -1.89. The third-order valence-corrected chi connectivity index (χ3v) is 4.02. The van der Waals surface area contributed by atoms with Gasteiger partial charge in [0.25, 0.3) is 0 Å². The smallest absolute Gasteiger partial charge is 0.119 e. The van der Waals surface area contributed by atoms with Crippen LogP contribution in [0.25, 0.3) is 0 Å². The molecule has 1 saturated heterocycles. The Bertz CT molecular complexity index is 597. The summed E-state index contributed by atoms with van der Waals surface area (Å²) in [6.07, 6.45) is 3.30. The molecule has 0 bridgehead atoms. The number of aliphatic hydroxyl groups is 1. The second kappa shape index (κ2) is 7.59. The lowest BCUT2D eigenvalue weighted by Crippen LogP contribution is -2.51. The van der Waals surface area contributed by atoms with E-state index in [1.807, 2.05) is 41.2 Å². The minimum absolute atomic E-state index is 0.333. The van der Waals surface area contributed by atoms with Gasteiger partial charge in [-0.15, -0.1) is 0 Å². The van der Waals surface area contributed by atoms with Crippen LogP contribution in [0.3, 0.4) is 0 Å². The summed E-state index contributed by atoms with van der Waals surface area (Å²) < 4.78 is 12.8. The number of rotatable bonds is 8. The topological polar surface area (TPSA) is 59.8 Å². The summed E-state index contributed by atoms with van der Waals surface area (Å²) in [5.74, 6) is 0.817. The van der Waals surface area contributed by atoms with E-state index in [2.05, 4.69) is 10.00 Å². The van der Waals surface area contributed by atoms with E-state index in [1.165, 1.54) is 0 Å². The summed E-state index contributed by atoms with van der Waals surface area (Å²) in [7, 11) is 1.65. The predicted molar refractivity (Wildman–Crippen MR) is 86.4 cm³/mol. The minimum Gasteiger partial charge on any atom is -0.497 e. The third-order valence-electron chi connectivity index (χ3n) is 4.02. The number of aromatic nitrogens is 2. The largest absolute Gasteiger partial charge is 0.497 e. The zero-order valence-electron chi connectivity index (χ0n) is 13.3. The molecule has 23 heavy (non-hydrogen) atoms. The first-order chi connectivity index (χ1) is 11.2. The van der Waals surface area contributed by atoms with E-state index in [0.717, 1.165) is 24.4 Å². The van der Waals surface area contributed by atoms with Gasteiger partial charge in [-0.1, -0.05) is 12.1 Å². The number of ether oxygens (including phenoxy) is 2. The number of aliphatic hydroxyl groups excluding tert-OH is 1. The highest BCUT2D eigenvalue weighted by atomic mass is 16.5. The lowest BCUT2D eigenvalue weighted by atomic mass is 10.1. The molecule has 1 fully saturated rings. The third kappa shape index (κ3) is 4.31. The second-order valence-electron chi connectivity index (χ2n) is 5.88. The molecular weight excluding hydrogens is 294 g/mol. The molecule has 3 rings (SSSR count). The SMILES string of the molecule is COc1cccc(COC[C@@H](O)CN2CC(n3cccn3)C2)c1. The fourth-order valence-electron chi connectivity index (χ4n) is 2.78. The summed E-state index contributed by atoms with van der Waals surface area (Å²) in [6, 6.07) is 10.1. The quantitative estimate of drug-likeness (QED) is 0.796. The summed E-state index contributed by atoms with van der Waals surface area (Å²) in [5.41, 5.74) is 1.04. The second-order valence-corrected chi connectivity index (χ2v) is 5.88. The molecule has 0 radical (unpaired) electrons. The molecule has 0 saturated carbocycles. The zero-order valence-corrected chi connectivity index (χ0v) is 13.3. The number of nitrogens with zero attached hydrogens (tertiary/aromatic N) is 3. The van der Waals surface area contributed by atoms with Gasteiger partial charge in [-0.3, -0.25) is 9.58 Å². The van der Waals surface area contributed by atoms with Crippen LogP contribution in [0.2, 0.25) is 0 Å². The predicted octanol–water partition coefficient (Wildman–Crippen LogP) is 1.33. The molecule has 1 aliphatic rings. The van der Waals surface area contributed by atoms with Crippen LogP contribution >= 0.6 is 0 Å². The fourth-order valence-corrected chi connectivity index (χ4v) is 2.78. The molecular formula is C17H23N3O3. The van der Waals surface area contributed by atoms with Gasteiger partial charge >= 0.3 is 0 Å². The number of likely N-dealkylation sites (tertiary alicyclic amines) is 1. The lowest BCUT2D eigenvalue weighted by Gasteiger charge is -2.40. The molecule has 1 atom stereocenters. The summed E-state index contributed by atoms with van der Waals surface area (Å²) >= 11 is 0. The standard InChI is InChI=1S/C17H23N3O3/c1-22-17-5-2-4-14(8-17)12-23-13-16(21)11-19-9-15(10-19)20-7-3-6-18-20/h2-8,15-16,21H,9-13H2,1H3/t16-/m0/s1. The van der Waals surface area contributed by atoms with Crippen molar-refractivity contribution in [3.63, 3.8) is 0 Å². The fraction of sp³-hybridized carbons (Fsp3) is 0.471. The van der Waals surface area contributed by atoms with Crippen molar-refractivity contribution in [1.82, 2.24) is 14.7 Å². The lowest BCUT2D eigenvalue weighted by molar-refractivity contribution is -0.0134. The Morgan fingerprint density at radius 3 is 2.96 bits per heavy atom. The van der Waals surface area contributed by atoms with Crippen molar-refractivity contribution < 1.29 is 14.6 Å². The molecule has 1 aromatic carbocycles. The van der Waals surface area contributed by atoms with E-state index in [4.69, 9.17) is 9.47 Å². The van der Waals surface area contributed by atoms with Crippen molar-refractivity contribution in [2.75, 3.05) is 33.4 Å². The van der Waals surface area contributed by atoms with Crippen molar-refractivity contribution in [2.24, 2.45) is 0 Å². The molecule has 124 valence electrons. The van der Waals surface area contributed by atoms with Crippen LogP contribution in [-0.2, 0) is 11.3 Å². The van der Waals surface area contributed by atoms with Gasteiger partial charge in [-0.05, 0) is 23.8 Å². The average molecular weight is 317 g/mol.